The second-order valence-corrected chi connectivity index (χ2v) is 5.54. The Kier molecular flexibility index (Phi) is 5.03. The molecule has 0 spiro atoms. The van der Waals surface area contributed by atoms with Gasteiger partial charge in [0.05, 0.1) is 11.9 Å². The van der Waals surface area contributed by atoms with Crippen molar-refractivity contribution in [2.75, 3.05) is 12.4 Å². The topological polar surface area (TPSA) is 71.8 Å². The summed E-state index contributed by atoms with van der Waals surface area (Å²) in [7, 11) is 1.58. The zero-order valence-electron chi connectivity index (χ0n) is 13.7. The zero-order chi connectivity index (χ0) is 17.6. The fraction of sp³-hybridized carbons (Fsp3) is 0.167. The molecule has 0 saturated heterocycles. The van der Waals surface area contributed by atoms with Crippen LogP contribution in [0.15, 0.2) is 55.1 Å². The van der Waals surface area contributed by atoms with Crippen LogP contribution < -0.4 is 10.6 Å². The molecule has 25 heavy (non-hydrogen) atoms. The van der Waals surface area contributed by atoms with Gasteiger partial charge in [0.25, 0.3) is 0 Å². The molecule has 2 aromatic heterocycles. The average molecular weight is 339 g/mol. The lowest BCUT2D eigenvalue weighted by molar-refractivity contribution is -0.121. The molecule has 3 rings (SSSR count). The van der Waals surface area contributed by atoms with Gasteiger partial charge in [-0.15, -0.1) is 0 Å². The van der Waals surface area contributed by atoms with E-state index in [-0.39, 0.29) is 18.3 Å². The van der Waals surface area contributed by atoms with Gasteiger partial charge in [-0.2, -0.15) is 5.10 Å². The number of benzene rings is 1. The normalized spacial score (nSPS) is 10.5. The molecule has 2 N–H and O–H groups in total. The standard InChI is InChI=1S/C18H18FN5O/c1-20-18(25)12-24-11-17(10-23-24)22-8-13-5-15(7-16(19)6-13)14-3-2-4-21-9-14/h2-7,9-11,22H,8,12H2,1H3,(H,20,25). The SMILES string of the molecule is CNC(=O)Cn1cc(NCc2cc(F)cc(-c3cccnc3)c2)cn1. The minimum absolute atomic E-state index is 0.124. The highest BCUT2D eigenvalue weighted by Crippen LogP contribution is 2.21. The Hall–Kier alpha value is -3.22. The molecule has 0 bridgehead atoms. The maximum Gasteiger partial charge on any atom is 0.241 e. The van der Waals surface area contributed by atoms with Crippen LogP contribution in [0.1, 0.15) is 5.56 Å². The summed E-state index contributed by atoms with van der Waals surface area (Å²) >= 11 is 0. The number of pyridine rings is 1. The summed E-state index contributed by atoms with van der Waals surface area (Å²) in [5, 5.41) is 9.83. The van der Waals surface area contributed by atoms with Gasteiger partial charge in [-0.3, -0.25) is 14.5 Å². The van der Waals surface area contributed by atoms with Crippen molar-refractivity contribution in [2.45, 2.75) is 13.1 Å². The van der Waals surface area contributed by atoms with E-state index in [1.54, 1.807) is 31.8 Å². The number of hydrogen-bond donors (Lipinski definition) is 2. The predicted molar refractivity (Wildman–Crippen MR) is 93.3 cm³/mol. The lowest BCUT2D eigenvalue weighted by Crippen LogP contribution is -2.23. The van der Waals surface area contributed by atoms with Crippen molar-refractivity contribution >= 4 is 11.6 Å². The third kappa shape index (κ3) is 4.41. The number of carbonyl (C=O) groups excluding carboxylic acids is 1. The summed E-state index contributed by atoms with van der Waals surface area (Å²) in [6.07, 6.45) is 6.75. The first-order chi connectivity index (χ1) is 12.1. The molecule has 0 aliphatic carbocycles. The second-order valence-electron chi connectivity index (χ2n) is 5.54. The molecule has 0 aliphatic heterocycles. The fourth-order valence-corrected chi connectivity index (χ4v) is 2.42. The van der Waals surface area contributed by atoms with Gasteiger partial charge in [0.2, 0.25) is 5.91 Å². The summed E-state index contributed by atoms with van der Waals surface area (Å²) in [5.74, 6) is -0.422. The van der Waals surface area contributed by atoms with Crippen LogP contribution in [0.25, 0.3) is 11.1 Å². The monoisotopic (exact) mass is 339 g/mol. The highest BCUT2D eigenvalue weighted by Gasteiger charge is 2.06. The number of likely N-dealkylation sites (N-methyl/N-ethyl adjacent to an activating group) is 1. The highest BCUT2D eigenvalue weighted by atomic mass is 19.1. The lowest BCUT2D eigenvalue weighted by Gasteiger charge is -2.08. The fourth-order valence-electron chi connectivity index (χ4n) is 2.42. The quantitative estimate of drug-likeness (QED) is 0.724. The van der Waals surface area contributed by atoms with Gasteiger partial charge < -0.3 is 10.6 Å². The van der Waals surface area contributed by atoms with Gasteiger partial charge in [0, 0.05) is 37.7 Å². The van der Waals surface area contributed by atoms with Crippen molar-refractivity contribution in [3.8, 4) is 11.1 Å². The molecule has 6 nitrogen and oxygen atoms in total. The summed E-state index contributed by atoms with van der Waals surface area (Å²) in [4.78, 5) is 15.4. The Labute approximate surface area is 144 Å². The van der Waals surface area contributed by atoms with E-state index in [1.165, 1.54) is 16.8 Å². The van der Waals surface area contributed by atoms with Crippen LogP contribution >= 0.6 is 0 Å². The van der Waals surface area contributed by atoms with Crippen molar-refractivity contribution in [2.24, 2.45) is 0 Å². The molecule has 0 fully saturated rings. The molecular weight excluding hydrogens is 321 g/mol. The van der Waals surface area contributed by atoms with E-state index in [0.717, 1.165) is 22.4 Å². The number of nitrogens with one attached hydrogen (secondary N) is 2. The molecule has 2 heterocycles. The number of aromatic nitrogens is 3. The maximum atomic E-state index is 13.9. The van der Waals surface area contributed by atoms with E-state index in [4.69, 9.17) is 0 Å². The molecule has 3 aromatic rings. The average Bonchev–Trinajstić information content (AvgIpc) is 3.07. The summed E-state index contributed by atoms with van der Waals surface area (Å²) < 4.78 is 15.5. The molecule has 0 unspecified atom stereocenters. The number of amides is 1. The predicted octanol–water partition coefficient (Wildman–Crippen LogP) is 2.44. The number of hydrogen-bond acceptors (Lipinski definition) is 4. The van der Waals surface area contributed by atoms with Crippen LogP contribution in [0, 0.1) is 5.82 Å². The van der Waals surface area contributed by atoms with E-state index in [1.807, 2.05) is 18.2 Å². The van der Waals surface area contributed by atoms with Crippen LogP contribution in [0.3, 0.4) is 0 Å². The summed E-state index contributed by atoms with van der Waals surface area (Å²) in [6.45, 7) is 0.597. The molecule has 0 saturated carbocycles. The number of anilines is 1. The number of halogens is 1. The first kappa shape index (κ1) is 16.6. The van der Waals surface area contributed by atoms with E-state index < -0.39 is 0 Å². The minimum atomic E-state index is -0.298. The van der Waals surface area contributed by atoms with Gasteiger partial charge in [0.1, 0.15) is 12.4 Å². The Balaban J connectivity index is 1.69. The third-order valence-corrected chi connectivity index (χ3v) is 3.67. The van der Waals surface area contributed by atoms with Gasteiger partial charge in [-0.05, 0) is 35.4 Å². The Bertz CT molecular complexity index is 863. The largest absolute Gasteiger partial charge is 0.378 e. The van der Waals surface area contributed by atoms with Gasteiger partial charge >= 0.3 is 0 Å². The van der Waals surface area contributed by atoms with Crippen LogP contribution in [0.2, 0.25) is 0 Å². The van der Waals surface area contributed by atoms with Crippen LogP contribution in [0.5, 0.6) is 0 Å². The Morgan fingerprint density at radius 3 is 2.88 bits per heavy atom. The van der Waals surface area contributed by atoms with E-state index in [0.29, 0.717) is 6.54 Å². The molecule has 0 aliphatic rings. The Morgan fingerprint density at radius 2 is 2.12 bits per heavy atom. The lowest BCUT2D eigenvalue weighted by atomic mass is 10.0. The van der Waals surface area contributed by atoms with Gasteiger partial charge in [0.15, 0.2) is 0 Å². The number of rotatable bonds is 6. The molecule has 0 atom stereocenters. The molecule has 128 valence electrons. The van der Waals surface area contributed by atoms with Crippen LogP contribution in [-0.2, 0) is 17.9 Å². The van der Waals surface area contributed by atoms with E-state index in [9.17, 15) is 9.18 Å². The number of carbonyl (C=O) groups is 1. The molecule has 1 aromatic carbocycles. The van der Waals surface area contributed by atoms with Gasteiger partial charge in [-0.25, -0.2) is 4.39 Å². The second kappa shape index (κ2) is 7.57. The summed E-state index contributed by atoms with van der Waals surface area (Å²) in [5.41, 5.74) is 3.20. The van der Waals surface area contributed by atoms with E-state index >= 15 is 0 Å². The highest BCUT2D eigenvalue weighted by molar-refractivity contribution is 5.75. The summed E-state index contributed by atoms with van der Waals surface area (Å²) in [6, 6.07) is 8.60. The molecule has 1 amide bonds. The van der Waals surface area contributed by atoms with Crippen molar-refractivity contribution in [3.05, 3.63) is 66.5 Å². The van der Waals surface area contributed by atoms with Crippen LogP contribution in [-0.4, -0.2) is 27.7 Å². The van der Waals surface area contributed by atoms with Crippen LogP contribution in [0.4, 0.5) is 10.1 Å². The van der Waals surface area contributed by atoms with E-state index in [2.05, 4.69) is 20.7 Å². The smallest absolute Gasteiger partial charge is 0.241 e. The van der Waals surface area contributed by atoms with Crippen molar-refractivity contribution in [3.63, 3.8) is 0 Å². The maximum absolute atomic E-state index is 13.9. The molecular formula is C18H18FN5O. The first-order valence-corrected chi connectivity index (χ1v) is 7.81. The zero-order valence-corrected chi connectivity index (χ0v) is 13.7. The van der Waals surface area contributed by atoms with Crippen molar-refractivity contribution < 1.29 is 9.18 Å². The van der Waals surface area contributed by atoms with Crippen molar-refractivity contribution in [1.82, 2.24) is 20.1 Å². The minimum Gasteiger partial charge on any atom is -0.378 e. The number of nitrogens with zero attached hydrogens (tertiary/aromatic N) is 3. The van der Waals surface area contributed by atoms with Crippen molar-refractivity contribution in [1.29, 1.82) is 0 Å². The third-order valence-electron chi connectivity index (χ3n) is 3.67. The first-order valence-electron chi connectivity index (χ1n) is 7.81. The molecule has 0 radical (unpaired) electrons. The molecule has 7 heteroatoms. The Morgan fingerprint density at radius 1 is 1.24 bits per heavy atom. The van der Waals surface area contributed by atoms with Gasteiger partial charge in [-0.1, -0.05) is 6.07 Å².